The van der Waals surface area contributed by atoms with Crippen molar-refractivity contribution in [2.45, 2.75) is 64.7 Å². The highest BCUT2D eigenvalue weighted by Gasteiger charge is 2.45. The van der Waals surface area contributed by atoms with Crippen molar-refractivity contribution in [3.8, 4) is 11.1 Å². The number of para-hydroxylation sites is 1. The zero-order valence-electron chi connectivity index (χ0n) is 22.8. The predicted molar refractivity (Wildman–Crippen MR) is 153 cm³/mol. The molecule has 3 aromatic carbocycles. The van der Waals surface area contributed by atoms with Crippen LogP contribution in [0.4, 0.5) is 0 Å². The number of carbonyl (C=O) groups excluding carboxylic acids is 2. The van der Waals surface area contributed by atoms with Gasteiger partial charge in [-0.25, -0.2) is 4.79 Å². The lowest BCUT2D eigenvalue weighted by molar-refractivity contribution is -0.140. The fourth-order valence-electron chi connectivity index (χ4n) is 6.36. The van der Waals surface area contributed by atoms with E-state index >= 15 is 0 Å². The normalized spacial score (nSPS) is 15.6. The van der Waals surface area contributed by atoms with Gasteiger partial charge in [-0.2, -0.15) is 0 Å². The molecule has 39 heavy (non-hydrogen) atoms. The van der Waals surface area contributed by atoms with Crippen LogP contribution in [0.1, 0.15) is 92.1 Å². The number of oxime groups is 1. The topological polar surface area (TPSA) is 68.9 Å². The summed E-state index contributed by atoms with van der Waals surface area (Å²) in [6.07, 6.45) is 6.07. The van der Waals surface area contributed by atoms with Crippen LogP contribution in [-0.4, -0.2) is 17.5 Å². The van der Waals surface area contributed by atoms with Gasteiger partial charge in [0.25, 0.3) is 0 Å². The van der Waals surface area contributed by atoms with Gasteiger partial charge >= 0.3 is 5.97 Å². The molecule has 0 bridgehead atoms. The Balaban J connectivity index is 1.40. The highest BCUT2D eigenvalue weighted by Crippen LogP contribution is 2.57. The summed E-state index contributed by atoms with van der Waals surface area (Å²) < 4.78 is 5.91. The number of benzene rings is 3. The standard InChI is InChI=1S/C34H33NO4/c1-21(2)10-15-30(35-39-22(3)36)23-11-13-26-27-14-12-25(19-29(27)34(28(26)18-23)16-6-7-17-34)33(37)32-20-24-8-4-5-9-31(24)38-32/h4-5,8-9,11-14,18-21H,6-7,10,15-17H2,1-3H3/b35-30+. The zero-order valence-corrected chi connectivity index (χ0v) is 22.8. The van der Waals surface area contributed by atoms with E-state index in [4.69, 9.17) is 9.25 Å². The smallest absolute Gasteiger partial charge is 0.331 e. The molecule has 6 rings (SSSR count). The molecule has 4 aromatic rings. The van der Waals surface area contributed by atoms with Crippen LogP contribution in [-0.2, 0) is 15.0 Å². The summed E-state index contributed by atoms with van der Waals surface area (Å²) in [7, 11) is 0. The first kappa shape index (κ1) is 25.3. The van der Waals surface area contributed by atoms with Crippen molar-refractivity contribution in [1.29, 1.82) is 0 Å². The van der Waals surface area contributed by atoms with Gasteiger partial charge in [-0.3, -0.25) is 4.79 Å². The van der Waals surface area contributed by atoms with Crippen LogP contribution in [0.5, 0.6) is 0 Å². The molecule has 0 aliphatic heterocycles. The Morgan fingerprint density at radius 3 is 2.26 bits per heavy atom. The molecule has 0 unspecified atom stereocenters. The third kappa shape index (κ3) is 4.50. The van der Waals surface area contributed by atoms with E-state index in [-0.39, 0.29) is 11.2 Å². The first-order valence-corrected chi connectivity index (χ1v) is 13.9. The Kier molecular flexibility index (Phi) is 6.46. The summed E-state index contributed by atoms with van der Waals surface area (Å²) in [4.78, 5) is 30.2. The first-order valence-electron chi connectivity index (χ1n) is 13.9. The molecule has 1 saturated carbocycles. The number of fused-ring (bicyclic) bond motifs is 6. The highest BCUT2D eigenvalue weighted by molar-refractivity contribution is 6.09. The summed E-state index contributed by atoms with van der Waals surface area (Å²) in [6, 6.07) is 22.2. The monoisotopic (exact) mass is 519 g/mol. The first-order chi connectivity index (χ1) is 18.9. The summed E-state index contributed by atoms with van der Waals surface area (Å²) in [6.45, 7) is 5.74. The Bertz CT molecular complexity index is 1580. The van der Waals surface area contributed by atoms with Gasteiger partial charge < -0.3 is 9.25 Å². The van der Waals surface area contributed by atoms with Gasteiger partial charge in [-0.1, -0.05) is 74.3 Å². The second kappa shape index (κ2) is 9.96. The largest absolute Gasteiger partial charge is 0.453 e. The van der Waals surface area contributed by atoms with Crippen LogP contribution in [0, 0.1) is 5.92 Å². The number of nitrogens with zero attached hydrogens (tertiary/aromatic N) is 1. The lowest BCUT2D eigenvalue weighted by Crippen LogP contribution is -2.21. The van der Waals surface area contributed by atoms with Gasteiger partial charge in [0.05, 0.1) is 5.71 Å². The summed E-state index contributed by atoms with van der Waals surface area (Å²) in [5.41, 5.74) is 7.97. The second-order valence-electron chi connectivity index (χ2n) is 11.3. The average Bonchev–Trinajstić information content (AvgIpc) is 3.65. The zero-order chi connectivity index (χ0) is 27.1. The molecule has 1 aromatic heterocycles. The molecule has 0 atom stereocenters. The maximum absolute atomic E-state index is 13.5. The Morgan fingerprint density at radius 2 is 1.59 bits per heavy atom. The molecular weight excluding hydrogens is 486 g/mol. The fourth-order valence-corrected chi connectivity index (χ4v) is 6.36. The van der Waals surface area contributed by atoms with Crippen LogP contribution >= 0.6 is 0 Å². The molecule has 1 heterocycles. The number of rotatable bonds is 7. The van der Waals surface area contributed by atoms with Crippen LogP contribution in [0.25, 0.3) is 22.1 Å². The van der Waals surface area contributed by atoms with E-state index in [0.29, 0.717) is 17.2 Å². The van der Waals surface area contributed by atoms with E-state index in [2.05, 4.69) is 49.3 Å². The van der Waals surface area contributed by atoms with E-state index < -0.39 is 5.97 Å². The molecule has 2 aliphatic rings. The van der Waals surface area contributed by atoms with Crippen LogP contribution in [0.2, 0.25) is 0 Å². The van der Waals surface area contributed by atoms with E-state index in [1.165, 1.54) is 29.2 Å². The minimum Gasteiger partial charge on any atom is -0.453 e. The van der Waals surface area contributed by atoms with E-state index in [1.807, 2.05) is 36.4 Å². The lowest BCUT2D eigenvalue weighted by atomic mass is 9.75. The molecule has 1 spiro atoms. The molecule has 5 nitrogen and oxygen atoms in total. The van der Waals surface area contributed by atoms with Gasteiger partial charge in [0.2, 0.25) is 5.78 Å². The van der Waals surface area contributed by atoms with Gasteiger partial charge in [0.15, 0.2) is 5.76 Å². The summed E-state index contributed by atoms with van der Waals surface area (Å²) >= 11 is 0. The van der Waals surface area contributed by atoms with Crippen molar-refractivity contribution >= 4 is 28.4 Å². The maximum Gasteiger partial charge on any atom is 0.331 e. The summed E-state index contributed by atoms with van der Waals surface area (Å²) in [5, 5.41) is 5.18. The van der Waals surface area contributed by atoms with Gasteiger partial charge in [0.1, 0.15) is 5.58 Å². The third-order valence-electron chi connectivity index (χ3n) is 8.31. The minimum atomic E-state index is -0.417. The van der Waals surface area contributed by atoms with Gasteiger partial charge in [0, 0.05) is 23.3 Å². The lowest BCUT2D eigenvalue weighted by Gasteiger charge is -2.27. The van der Waals surface area contributed by atoms with E-state index in [9.17, 15) is 9.59 Å². The maximum atomic E-state index is 13.5. The molecule has 0 saturated heterocycles. The third-order valence-corrected chi connectivity index (χ3v) is 8.31. The van der Waals surface area contributed by atoms with Gasteiger partial charge in [-0.05, 0) is 83.7 Å². The molecule has 0 radical (unpaired) electrons. The molecular formula is C34H33NO4. The average molecular weight is 520 g/mol. The SMILES string of the molecule is CC(=O)O/N=C(\CCC(C)C)c1ccc2c(c1)C1(CCCC1)c1cc(C(=O)c3cc4ccccc4o3)ccc1-2. The number of hydrogen-bond acceptors (Lipinski definition) is 5. The molecule has 2 aliphatic carbocycles. The number of carbonyl (C=O) groups is 2. The number of hydrogen-bond donors (Lipinski definition) is 0. The molecule has 0 N–H and O–H groups in total. The Morgan fingerprint density at radius 1 is 0.923 bits per heavy atom. The van der Waals surface area contributed by atoms with Crippen molar-refractivity contribution in [3.63, 3.8) is 0 Å². The summed E-state index contributed by atoms with van der Waals surface area (Å²) in [5.74, 6) is 0.365. The van der Waals surface area contributed by atoms with Crippen molar-refractivity contribution < 1.29 is 18.8 Å². The molecule has 1 fully saturated rings. The van der Waals surface area contributed by atoms with Crippen molar-refractivity contribution in [2.75, 3.05) is 0 Å². The minimum absolute atomic E-state index is 0.0942. The van der Waals surface area contributed by atoms with Gasteiger partial charge in [-0.15, -0.1) is 0 Å². The van der Waals surface area contributed by atoms with Crippen LogP contribution < -0.4 is 0 Å². The highest BCUT2D eigenvalue weighted by atomic mass is 16.7. The van der Waals surface area contributed by atoms with Crippen molar-refractivity contribution in [2.24, 2.45) is 11.1 Å². The molecule has 5 heteroatoms. The fraction of sp³-hybridized carbons (Fsp3) is 0.324. The van der Waals surface area contributed by atoms with E-state index in [0.717, 1.165) is 60.8 Å². The van der Waals surface area contributed by atoms with Crippen molar-refractivity contribution in [3.05, 3.63) is 94.7 Å². The van der Waals surface area contributed by atoms with Crippen molar-refractivity contribution in [1.82, 2.24) is 0 Å². The van der Waals surface area contributed by atoms with E-state index in [1.54, 1.807) is 0 Å². The second-order valence-corrected chi connectivity index (χ2v) is 11.3. The Labute approximate surface area is 228 Å². The molecule has 0 amide bonds. The quantitative estimate of drug-likeness (QED) is 0.107. The number of ketones is 1. The van der Waals surface area contributed by atoms with Crippen LogP contribution in [0.3, 0.4) is 0 Å². The predicted octanol–water partition coefficient (Wildman–Crippen LogP) is 8.21. The number of furan rings is 1. The van der Waals surface area contributed by atoms with Crippen LogP contribution in [0.15, 0.2) is 76.3 Å². The Hall–Kier alpha value is -3.99. The molecule has 198 valence electrons.